The van der Waals surface area contributed by atoms with Crippen LogP contribution >= 0.6 is 15.9 Å². The van der Waals surface area contributed by atoms with Crippen molar-refractivity contribution in [1.29, 1.82) is 0 Å². The van der Waals surface area contributed by atoms with Gasteiger partial charge in [-0.3, -0.25) is 0 Å². The van der Waals surface area contributed by atoms with E-state index in [0.717, 1.165) is 16.8 Å². The molecule has 0 aliphatic rings. The molecule has 0 aliphatic carbocycles. The summed E-state index contributed by atoms with van der Waals surface area (Å²) in [6.45, 7) is 4.50. The molecule has 0 amide bonds. The van der Waals surface area contributed by atoms with Gasteiger partial charge in [-0.15, -0.1) is 5.10 Å². The fourth-order valence-corrected chi connectivity index (χ4v) is 2.03. The van der Waals surface area contributed by atoms with Crippen LogP contribution in [0, 0.1) is 11.6 Å². The van der Waals surface area contributed by atoms with E-state index in [9.17, 15) is 8.78 Å². The van der Waals surface area contributed by atoms with Crippen molar-refractivity contribution in [3.63, 3.8) is 0 Å². The van der Waals surface area contributed by atoms with Crippen LogP contribution in [0.5, 0.6) is 0 Å². The summed E-state index contributed by atoms with van der Waals surface area (Å²) in [5, 5.41) is 7.67. The van der Waals surface area contributed by atoms with Crippen LogP contribution in [0.4, 0.5) is 8.78 Å². The zero-order valence-electron chi connectivity index (χ0n) is 11.5. The highest BCUT2D eigenvalue weighted by Crippen LogP contribution is 2.23. The number of hydrogen-bond donors (Lipinski definition) is 0. The molecule has 1 heterocycles. The number of hydrogen-bond acceptors (Lipinski definition) is 4. The number of benzene rings is 1. The molecule has 2 rings (SSSR count). The Morgan fingerprint density at radius 2 is 1.86 bits per heavy atom. The number of rotatable bonds is 6. The molecular formula is C13H14BrF2N3O2. The number of nitrogens with zero attached hydrogens (tertiary/aromatic N) is 3. The first-order chi connectivity index (χ1) is 10.1. The van der Waals surface area contributed by atoms with Crippen molar-refractivity contribution in [2.45, 2.75) is 20.1 Å². The van der Waals surface area contributed by atoms with Crippen molar-refractivity contribution in [3.05, 3.63) is 40.1 Å². The van der Waals surface area contributed by atoms with Gasteiger partial charge in [-0.1, -0.05) is 5.21 Å². The molecular weight excluding hydrogens is 348 g/mol. The summed E-state index contributed by atoms with van der Waals surface area (Å²) in [7, 11) is 0. The van der Waals surface area contributed by atoms with Crippen molar-refractivity contribution in [2.75, 3.05) is 13.2 Å². The number of aromatic nitrogens is 3. The minimum Gasteiger partial charge on any atom is -0.347 e. The van der Waals surface area contributed by atoms with Crippen LogP contribution in [0.15, 0.2) is 22.8 Å². The van der Waals surface area contributed by atoms with Crippen molar-refractivity contribution in [3.8, 4) is 5.69 Å². The Labute approximate surface area is 129 Å². The van der Waals surface area contributed by atoms with Crippen LogP contribution in [-0.2, 0) is 9.47 Å². The SMILES string of the molecule is CCOC(OCC)c1cn(-c2cc(F)c(Br)cc2F)nn1. The summed E-state index contributed by atoms with van der Waals surface area (Å²) < 4.78 is 39.3. The lowest BCUT2D eigenvalue weighted by Crippen LogP contribution is -2.09. The fraction of sp³-hybridized carbons (Fsp3) is 0.385. The van der Waals surface area contributed by atoms with E-state index < -0.39 is 17.9 Å². The zero-order valence-corrected chi connectivity index (χ0v) is 13.1. The van der Waals surface area contributed by atoms with Crippen molar-refractivity contribution in [1.82, 2.24) is 15.0 Å². The van der Waals surface area contributed by atoms with Gasteiger partial charge in [0.2, 0.25) is 6.29 Å². The predicted octanol–water partition coefficient (Wildman–Crippen LogP) is 3.38. The molecule has 0 atom stereocenters. The Bertz CT molecular complexity index is 615. The summed E-state index contributed by atoms with van der Waals surface area (Å²) in [4.78, 5) is 0. The highest BCUT2D eigenvalue weighted by Gasteiger charge is 2.18. The second-order valence-electron chi connectivity index (χ2n) is 4.05. The van der Waals surface area contributed by atoms with Crippen LogP contribution in [0.3, 0.4) is 0 Å². The van der Waals surface area contributed by atoms with Crippen LogP contribution in [0.2, 0.25) is 0 Å². The molecule has 0 fully saturated rings. The van der Waals surface area contributed by atoms with Gasteiger partial charge in [0.05, 0.1) is 10.7 Å². The molecule has 0 spiro atoms. The van der Waals surface area contributed by atoms with Crippen LogP contribution in [0.1, 0.15) is 25.8 Å². The molecule has 0 N–H and O–H groups in total. The molecule has 0 saturated heterocycles. The van der Waals surface area contributed by atoms with Gasteiger partial charge in [-0.05, 0) is 35.8 Å². The Balaban J connectivity index is 2.33. The van der Waals surface area contributed by atoms with Crippen molar-refractivity contribution >= 4 is 15.9 Å². The Morgan fingerprint density at radius 3 is 2.48 bits per heavy atom. The third-order valence-corrected chi connectivity index (χ3v) is 3.23. The van der Waals surface area contributed by atoms with E-state index in [1.807, 2.05) is 13.8 Å². The largest absolute Gasteiger partial charge is 0.347 e. The zero-order chi connectivity index (χ0) is 15.4. The van der Waals surface area contributed by atoms with E-state index in [4.69, 9.17) is 9.47 Å². The first-order valence-corrected chi connectivity index (χ1v) is 7.16. The first-order valence-electron chi connectivity index (χ1n) is 6.37. The van der Waals surface area contributed by atoms with E-state index in [0.29, 0.717) is 18.9 Å². The van der Waals surface area contributed by atoms with Crippen LogP contribution < -0.4 is 0 Å². The van der Waals surface area contributed by atoms with E-state index in [1.165, 1.54) is 6.20 Å². The van der Waals surface area contributed by atoms with E-state index in [1.54, 1.807) is 0 Å². The Hall–Kier alpha value is -1.38. The van der Waals surface area contributed by atoms with E-state index in [-0.39, 0.29) is 10.2 Å². The monoisotopic (exact) mass is 361 g/mol. The highest BCUT2D eigenvalue weighted by molar-refractivity contribution is 9.10. The molecule has 0 aliphatic heterocycles. The molecule has 5 nitrogen and oxygen atoms in total. The van der Waals surface area contributed by atoms with Gasteiger partial charge in [0.1, 0.15) is 23.0 Å². The maximum atomic E-state index is 13.9. The molecule has 0 bridgehead atoms. The molecule has 21 heavy (non-hydrogen) atoms. The maximum Gasteiger partial charge on any atom is 0.204 e. The second-order valence-corrected chi connectivity index (χ2v) is 4.90. The molecule has 0 radical (unpaired) electrons. The number of halogens is 3. The summed E-state index contributed by atoms with van der Waals surface area (Å²) in [6, 6.07) is 2.07. The summed E-state index contributed by atoms with van der Waals surface area (Å²) >= 11 is 2.92. The smallest absolute Gasteiger partial charge is 0.204 e. The Morgan fingerprint density at radius 1 is 1.19 bits per heavy atom. The lowest BCUT2D eigenvalue weighted by molar-refractivity contribution is -0.142. The average molecular weight is 362 g/mol. The minimum atomic E-state index is -0.683. The van der Waals surface area contributed by atoms with Gasteiger partial charge in [-0.2, -0.15) is 0 Å². The molecule has 114 valence electrons. The van der Waals surface area contributed by atoms with Crippen LogP contribution in [-0.4, -0.2) is 28.2 Å². The molecule has 2 aromatic rings. The normalized spacial score (nSPS) is 11.3. The van der Waals surface area contributed by atoms with E-state index >= 15 is 0 Å². The number of ether oxygens (including phenoxy) is 2. The highest BCUT2D eigenvalue weighted by atomic mass is 79.9. The second kappa shape index (κ2) is 7.06. The predicted molar refractivity (Wildman–Crippen MR) is 75.0 cm³/mol. The Kier molecular flexibility index (Phi) is 5.38. The van der Waals surface area contributed by atoms with Crippen molar-refractivity contribution < 1.29 is 18.3 Å². The molecule has 1 aromatic heterocycles. The molecule has 0 unspecified atom stereocenters. The quantitative estimate of drug-likeness (QED) is 0.584. The molecule has 8 heteroatoms. The van der Waals surface area contributed by atoms with Gasteiger partial charge in [-0.25, -0.2) is 13.5 Å². The van der Waals surface area contributed by atoms with Gasteiger partial charge in [0.25, 0.3) is 0 Å². The standard InChI is InChI=1S/C13H14BrF2N3O2/c1-3-20-13(21-4-2)11-7-19(18-17-11)12-6-9(15)8(14)5-10(12)16/h5-7,13H,3-4H2,1-2H3. The van der Waals surface area contributed by atoms with Crippen molar-refractivity contribution in [2.24, 2.45) is 0 Å². The van der Waals surface area contributed by atoms with Crippen LogP contribution in [0.25, 0.3) is 5.69 Å². The third kappa shape index (κ3) is 3.63. The average Bonchev–Trinajstić information content (AvgIpc) is 2.92. The third-order valence-electron chi connectivity index (χ3n) is 2.63. The van der Waals surface area contributed by atoms with Gasteiger partial charge < -0.3 is 9.47 Å². The lowest BCUT2D eigenvalue weighted by atomic mass is 10.3. The van der Waals surface area contributed by atoms with Gasteiger partial charge >= 0.3 is 0 Å². The molecule has 0 saturated carbocycles. The lowest BCUT2D eigenvalue weighted by Gasteiger charge is -2.13. The summed E-state index contributed by atoms with van der Waals surface area (Å²) in [6.07, 6.45) is 0.763. The van der Waals surface area contributed by atoms with Gasteiger partial charge in [0, 0.05) is 19.3 Å². The molecule has 1 aromatic carbocycles. The summed E-state index contributed by atoms with van der Waals surface area (Å²) in [5.41, 5.74) is 0.350. The van der Waals surface area contributed by atoms with Gasteiger partial charge in [0.15, 0.2) is 0 Å². The first kappa shape index (κ1) is 16.0. The summed E-state index contributed by atoms with van der Waals surface area (Å²) in [5.74, 6) is -1.21. The maximum absolute atomic E-state index is 13.9. The topological polar surface area (TPSA) is 49.2 Å². The van der Waals surface area contributed by atoms with E-state index in [2.05, 4.69) is 26.2 Å². The fourth-order valence-electron chi connectivity index (χ4n) is 1.71. The minimum absolute atomic E-state index is 0.0406.